The van der Waals surface area contributed by atoms with Crippen molar-refractivity contribution in [3.63, 3.8) is 0 Å². The molecule has 0 unspecified atom stereocenters. The topological polar surface area (TPSA) is 99.3 Å². The predicted molar refractivity (Wildman–Crippen MR) is 72.7 cm³/mol. The normalized spacial score (nSPS) is 11.3. The average Bonchev–Trinajstić information content (AvgIpc) is 2.84. The zero-order valence-electron chi connectivity index (χ0n) is 9.72. The quantitative estimate of drug-likeness (QED) is 0.777. The summed E-state index contributed by atoms with van der Waals surface area (Å²) < 4.78 is 39.6. The van der Waals surface area contributed by atoms with Crippen molar-refractivity contribution >= 4 is 37.6 Å². The van der Waals surface area contributed by atoms with E-state index in [9.17, 15) is 17.6 Å². The maximum atomic E-state index is 13.3. The molecule has 0 bridgehead atoms. The molecule has 6 nitrogen and oxygen atoms in total. The zero-order chi connectivity index (χ0) is 14.9. The van der Waals surface area contributed by atoms with Crippen molar-refractivity contribution in [2.75, 3.05) is 4.72 Å². The molecule has 9 heteroatoms. The lowest BCUT2D eigenvalue weighted by Crippen LogP contribution is -2.12. The van der Waals surface area contributed by atoms with Crippen LogP contribution >= 0.6 is 15.9 Å². The number of rotatable bonds is 4. The third-order valence-electron chi connectivity index (χ3n) is 2.37. The van der Waals surface area contributed by atoms with Crippen molar-refractivity contribution in [3.05, 3.63) is 46.4 Å². The van der Waals surface area contributed by atoms with Crippen LogP contribution in [0.15, 0.2) is 39.8 Å². The lowest BCUT2D eigenvalue weighted by Gasteiger charge is -2.06. The van der Waals surface area contributed by atoms with E-state index in [2.05, 4.69) is 25.6 Å². The number of anilines is 1. The Kier molecular flexibility index (Phi) is 3.82. The van der Waals surface area contributed by atoms with Crippen LogP contribution in [0, 0.1) is 5.82 Å². The number of carboxylic acids is 1. The zero-order valence-corrected chi connectivity index (χ0v) is 12.1. The van der Waals surface area contributed by atoms with Gasteiger partial charge in [-0.1, -0.05) is 0 Å². The van der Waals surface area contributed by atoms with Gasteiger partial charge in [0.05, 0.1) is 10.2 Å². The number of benzene rings is 1. The average molecular weight is 363 g/mol. The number of nitrogens with one attached hydrogen (secondary N) is 2. The van der Waals surface area contributed by atoms with Crippen LogP contribution in [0.3, 0.4) is 0 Å². The second kappa shape index (κ2) is 5.25. The van der Waals surface area contributed by atoms with Gasteiger partial charge in [0, 0.05) is 6.20 Å². The molecule has 0 aliphatic carbocycles. The number of hydrogen-bond donors (Lipinski definition) is 3. The summed E-state index contributed by atoms with van der Waals surface area (Å²) in [4.78, 5) is 12.7. The van der Waals surface area contributed by atoms with E-state index < -0.39 is 21.8 Å². The first-order valence-electron chi connectivity index (χ1n) is 5.19. The van der Waals surface area contributed by atoms with Crippen molar-refractivity contribution in [2.45, 2.75) is 4.90 Å². The van der Waals surface area contributed by atoms with E-state index in [0.29, 0.717) is 0 Å². The molecular formula is C11H8BrFN2O4S. The van der Waals surface area contributed by atoms with Crippen molar-refractivity contribution in [1.29, 1.82) is 0 Å². The molecular weight excluding hydrogens is 355 g/mol. The molecule has 0 saturated carbocycles. The van der Waals surface area contributed by atoms with Crippen LogP contribution in [0.4, 0.5) is 10.1 Å². The smallest absolute Gasteiger partial charge is 0.352 e. The van der Waals surface area contributed by atoms with Gasteiger partial charge in [-0.25, -0.2) is 17.6 Å². The van der Waals surface area contributed by atoms with Gasteiger partial charge in [0.2, 0.25) is 0 Å². The highest BCUT2D eigenvalue weighted by atomic mass is 79.9. The summed E-state index contributed by atoms with van der Waals surface area (Å²) in [5.41, 5.74) is -0.226. The molecule has 106 valence electrons. The first-order valence-corrected chi connectivity index (χ1v) is 7.47. The van der Waals surface area contributed by atoms with Gasteiger partial charge in [0.15, 0.2) is 0 Å². The number of aromatic amines is 1. The van der Waals surface area contributed by atoms with Gasteiger partial charge >= 0.3 is 5.97 Å². The van der Waals surface area contributed by atoms with Crippen LogP contribution in [0.2, 0.25) is 0 Å². The molecule has 1 aromatic carbocycles. The van der Waals surface area contributed by atoms with Crippen LogP contribution < -0.4 is 4.72 Å². The van der Waals surface area contributed by atoms with Gasteiger partial charge < -0.3 is 10.1 Å². The van der Waals surface area contributed by atoms with Crippen LogP contribution in [-0.4, -0.2) is 24.5 Å². The van der Waals surface area contributed by atoms with Gasteiger partial charge in [0.1, 0.15) is 16.4 Å². The molecule has 1 aromatic heterocycles. The fourth-order valence-electron chi connectivity index (χ4n) is 1.43. The number of aromatic nitrogens is 1. The minimum absolute atomic E-state index is 0.0313. The predicted octanol–water partition coefficient (Wildman–Crippen LogP) is 2.42. The molecule has 0 radical (unpaired) electrons. The number of carbonyl (C=O) groups is 1. The minimum atomic E-state index is -3.98. The lowest BCUT2D eigenvalue weighted by molar-refractivity contribution is 0.0691. The van der Waals surface area contributed by atoms with Gasteiger partial charge in [-0.15, -0.1) is 0 Å². The third-order valence-corrected chi connectivity index (χ3v) is 4.37. The molecule has 1 heterocycles. The summed E-state index contributed by atoms with van der Waals surface area (Å²) in [5, 5.41) is 8.72. The third kappa shape index (κ3) is 2.99. The number of hydrogen-bond acceptors (Lipinski definition) is 3. The Balaban J connectivity index is 2.30. The summed E-state index contributed by atoms with van der Waals surface area (Å²) in [6.07, 6.45) is 1.04. The second-order valence-corrected chi connectivity index (χ2v) is 6.33. The Morgan fingerprint density at radius 3 is 2.60 bits per heavy atom. The van der Waals surface area contributed by atoms with Crippen molar-refractivity contribution in [2.24, 2.45) is 0 Å². The molecule has 3 N–H and O–H groups in total. The Morgan fingerprint density at radius 1 is 1.35 bits per heavy atom. The number of sulfonamides is 1. The highest BCUT2D eigenvalue weighted by Crippen LogP contribution is 2.22. The first kappa shape index (κ1) is 14.5. The number of carboxylic acid groups (broad SMARTS) is 1. The van der Waals surface area contributed by atoms with E-state index in [0.717, 1.165) is 18.3 Å². The maximum absolute atomic E-state index is 13.3. The van der Waals surface area contributed by atoms with Crippen LogP contribution in [0.5, 0.6) is 0 Å². The fraction of sp³-hybridized carbons (Fsp3) is 0. The monoisotopic (exact) mass is 362 g/mol. The number of aromatic carboxylic acids is 1. The van der Waals surface area contributed by atoms with Crippen molar-refractivity contribution in [3.8, 4) is 0 Å². The SMILES string of the molecule is O=C(O)c1cc(S(=O)(=O)Nc2ccc(Br)c(F)c2)c[nH]1. The van der Waals surface area contributed by atoms with E-state index in [1.54, 1.807) is 0 Å². The van der Waals surface area contributed by atoms with E-state index in [-0.39, 0.29) is 20.7 Å². The van der Waals surface area contributed by atoms with Crippen molar-refractivity contribution < 1.29 is 22.7 Å². The molecule has 2 rings (SSSR count). The van der Waals surface area contributed by atoms with Crippen LogP contribution in [0.1, 0.15) is 10.5 Å². The second-order valence-electron chi connectivity index (χ2n) is 3.79. The largest absolute Gasteiger partial charge is 0.477 e. The lowest BCUT2D eigenvalue weighted by atomic mass is 10.3. The molecule has 2 aromatic rings. The van der Waals surface area contributed by atoms with Gasteiger partial charge in [-0.2, -0.15) is 0 Å². The molecule has 0 aliphatic rings. The Bertz CT molecular complexity index is 772. The molecule has 0 atom stereocenters. The Hall–Kier alpha value is -1.87. The Morgan fingerprint density at radius 2 is 2.05 bits per heavy atom. The van der Waals surface area contributed by atoms with E-state index in [4.69, 9.17) is 5.11 Å². The fourth-order valence-corrected chi connectivity index (χ4v) is 2.72. The molecule has 0 spiro atoms. The van der Waals surface area contributed by atoms with Crippen LogP contribution in [-0.2, 0) is 10.0 Å². The standard InChI is InChI=1S/C11H8BrFN2O4S/c12-8-2-1-6(3-9(8)13)15-20(18,19)7-4-10(11(16)17)14-5-7/h1-5,14-15H,(H,16,17). The highest BCUT2D eigenvalue weighted by Gasteiger charge is 2.18. The molecule has 20 heavy (non-hydrogen) atoms. The molecule has 0 saturated heterocycles. The van der Waals surface area contributed by atoms with Crippen molar-refractivity contribution in [1.82, 2.24) is 4.98 Å². The maximum Gasteiger partial charge on any atom is 0.352 e. The minimum Gasteiger partial charge on any atom is -0.477 e. The molecule has 0 aliphatic heterocycles. The van der Waals surface area contributed by atoms with Gasteiger partial charge in [-0.05, 0) is 40.2 Å². The highest BCUT2D eigenvalue weighted by molar-refractivity contribution is 9.10. The molecule has 0 amide bonds. The molecule has 0 fully saturated rings. The first-order chi connectivity index (χ1) is 9.29. The van der Waals surface area contributed by atoms with Crippen LogP contribution in [0.25, 0.3) is 0 Å². The van der Waals surface area contributed by atoms with E-state index in [1.807, 2.05) is 0 Å². The number of halogens is 2. The summed E-state index contributed by atoms with van der Waals surface area (Å²) in [5.74, 6) is -1.90. The van der Waals surface area contributed by atoms with E-state index in [1.165, 1.54) is 12.1 Å². The van der Waals surface area contributed by atoms with Gasteiger partial charge in [-0.3, -0.25) is 4.72 Å². The summed E-state index contributed by atoms with van der Waals surface area (Å²) in [6.45, 7) is 0. The Labute approximate surface area is 121 Å². The summed E-state index contributed by atoms with van der Waals surface area (Å²) in [7, 11) is -3.98. The van der Waals surface area contributed by atoms with E-state index >= 15 is 0 Å². The van der Waals surface area contributed by atoms with Gasteiger partial charge in [0.25, 0.3) is 10.0 Å². The summed E-state index contributed by atoms with van der Waals surface area (Å²) >= 11 is 2.95. The summed E-state index contributed by atoms with van der Waals surface area (Å²) in [6, 6.07) is 4.70. The number of H-pyrrole nitrogens is 1.